The number of phosphoric ester groups is 1. The van der Waals surface area contributed by atoms with E-state index >= 15 is 0 Å². The molecule has 1 aliphatic carbocycles. The third kappa shape index (κ3) is 12.7. The largest absolute Gasteiger partial charge is 0.472 e. The Morgan fingerprint density at radius 2 is 1.59 bits per heavy atom. The fourth-order valence-corrected chi connectivity index (χ4v) is 6.53. The number of aliphatic hydroxyl groups is 4. The number of aliphatic hydroxyl groups excluding tert-OH is 4. The van der Waals surface area contributed by atoms with Gasteiger partial charge in [0.1, 0.15) is 5.78 Å². The number of carbonyl (C=O) groups is 2. The predicted octanol–water partition coefficient (Wildman–Crippen LogP) is 2.33. The van der Waals surface area contributed by atoms with Crippen LogP contribution in [0.3, 0.4) is 0 Å². The van der Waals surface area contributed by atoms with Crippen LogP contribution in [0.15, 0.2) is 0 Å². The van der Waals surface area contributed by atoms with Gasteiger partial charge in [-0.2, -0.15) is 0 Å². The lowest BCUT2D eigenvalue weighted by Crippen LogP contribution is -2.50. The number of Topliss-reactive ketones (excluding diaryl/α,β-unsaturated/α-hetero) is 1. The smallest absolute Gasteiger partial charge is 0.396 e. The molecule has 0 aromatic carbocycles. The molecule has 2 fully saturated rings. The third-order valence-electron chi connectivity index (χ3n) is 7.99. The lowest BCUT2D eigenvalue weighted by atomic mass is 9.77. The van der Waals surface area contributed by atoms with Crippen molar-refractivity contribution in [2.75, 3.05) is 26.4 Å². The molecule has 240 valence electrons. The third-order valence-corrected chi connectivity index (χ3v) is 9.16. The van der Waals surface area contributed by atoms with Gasteiger partial charge in [0.2, 0.25) is 5.91 Å². The zero-order valence-corrected chi connectivity index (χ0v) is 25.7. The molecule has 1 heterocycles. The highest BCUT2D eigenvalue weighted by molar-refractivity contribution is 7.47. The van der Waals surface area contributed by atoms with Crippen molar-refractivity contribution in [2.45, 2.75) is 128 Å². The van der Waals surface area contributed by atoms with Gasteiger partial charge in [0.15, 0.2) is 0 Å². The van der Waals surface area contributed by atoms with Crippen LogP contribution in [0.25, 0.3) is 0 Å². The number of likely N-dealkylation sites (tertiary alicyclic amines) is 1. The van der Waals surface area contributed by atoms with E-state index in [1.807, 2.05) is 6.92 Å². The van der Waals surface area contributed by atoms with E-state index in [1.54, 1.807) is 13.8 Å². The SMILES string of the molecule is CC(C)OP(=O)(O)OC[C@@H]1C[C@@H](O)CN1C(=O)CCCCCCC(=O)CCCCOC1CC(CO)C(O)C(O)C1C. The molecule has 41 heavy (non-hydrogen) atoms. The van der Waals surface area contributed by atoms with Gasteiger partial charge in [-0.1, -0.05) is 19.8 Å². The quantitative estimate of drug-likeness (QED) is 0.107. The van der Waals surface area contributed by atoms with E-state index < -0.39 is 44.2 Å². The van der Waals surface area contributed by atoms with Gasteiger partial charge in [-0.05, 0) is 52.4 Å². The van der Waals surface area contributed by atoms with E-state index in [0.29, 0.717) is 45.1 Å². The second-order valence-electron chi connectivity index (χ2n) is 11.8. The van der Waals surface area contributed by atoms with Crippen molar-refractivity contribution >= 4 is 19.5 Å². The van der Waals surface area contributed by atoms with Crippen molar-refractivity contribution in [1.82, 2.24) is 4.90 Å². The van der Waals surface area contributed by atoms with Gasteiger partial charge in [-0.15, -0.1) is 0 Å². The topological polar surface area (TPSA) is 183 Å². The van der Waals surface area contributed by atoms with Crippen LogP contribution in [-0.4, -0.2) is 105 Å². The standard InChI is InChI=1S/C28H52NO11P/c1-19(2)40-41(36,37)39-18-22-15-24(32)16-29(22)26(33)12-7-5-4-6-10-23(31)11-8-9-13-38-25-14-21(17-30)28(35)27(34)20(25)3/h19-22,24-25,27-28,30,32,34-35H,4-18H2,1-3H3,(H,36,37)/t20?,21?,22-,24+,25?,27?,28?/m0/s1. The molecular weight excluding hydrogens is 557 g/mol. The molecule has 5 N–H and O–H groups in total. The Labute approximate surface area is 244 Å². The summed E-state index contributed by atoms with van der Waals surface area (Å²) in [5, 5.41) is 39.6. The molecule has 0 spiro atoms. The number of unbranched alkanes of at least 4 members (excludes halogenated alkanes) is 4. The van der Waals surface area contributed by atoms with E-state index in [0.717, 1.165) is 25.7 Å². The zero-order chi connectivity index (χ0) is 30.6. The summed E-state index contributed by atoms with van der Waals surface area (Å²) >= 11 is 0. The summed E-state index contributed by atoms with van der Waals surface area (Å²) in [6, 6.07) is -0.486. The normalized spacial score (nSPS) is 30.1. The number of ether oxygens (including phenoxy) is 1. The van der Waals surface area contributed by atoms with Crippen LogP contribution in [0.1, 0.15) is 91.4 Å². The van der Waals surface area contributed by atoms with Gasteiger partial charge in [-0.3, -0.25) is 18.6 Å². The lowest BCUT2D eigenvalue weighted by molar-refractivity contribution is -0.144. The summed E-state index contributed by atoms with van der Waals surface area (Å²) in [5.74, 6) is -0.554. The van der Waals surface area contributed by atoms with Gasteiger partial charge >= 0.3 is 7.82 Å². The predicted molar refractivity (Wildman–Crippen MR) is 151 cm³/mol. The molecule has 2 aliphatic rings. The van der Waals surface area contributed by atoms with Crippen LogP contribution < -0.4 is 0 Å². The molecule has 6 unspecified atom stereocenters. The second kappa shape index (κ2) is 18.0. The number of amides is 1. The molecule has 2 rings (SSSR count). The Bertz CT molecular complexity index is 842. The molecule has 12 nitrogen and oxygen atoms in total. The van der Waals surface area contributed by atoms with Gasteiger partial charge in [0, 0.05) is 50.9 Å². The van der Waals surface area contributed by atoms with Crippen molar-refractivity contribution in [3.63, 3.8) is 0 Å². The van der Waals surface area contributed by atoms with Crippen LogP contribution >= 0.6 is 7.82 Å². The number of ketones is 1. The molecule has 1 saturated heterocycles. The Morgan fingerprint density at radius 1 is 0.951 bits per heavy atom. The summed E-state index contributed by atoms with van der Waals surface area (Å²) in [6.45, 7) is 5.31. The maximum Gasteiger partial charge on any atom is 0.472 e. The molecule has 0 radical (unpaired) electrons. The number of rotatable bonds is 19. The zero-order valence-electron chi connectivity index (χ0n) is 24.8. The molecule has 1 saturated carbocycles. The Kier molecular flexibility index (Phi) is 15.9. The maximum absolute atomic E-state index is 12.7. The summed E-state index contributed by atoms with van der Waals surface area (Å²) < 4.78 is 27.8. The molecule has 0 aromatic heterocycles. The highest BCUT2D eigenvalue weighted by Gasteiger charge is 2.41. The molecule has 8 atom stereocenters. The van der Waals surface area contributed by atoms with E-state index in [4.69, 9.17) is 13.8 Å². The number of carbonyl (C=O) groups excluding carboxylic acids is 2. The maximum atomic E-state index is 12.7. The number of hydrogen-bond acceptors (Lipinski definition) is 10. The highest BCUT2D eigenvalue weighted by atomic mass is 31.2. The summed E-state index contributed by atoms with van der Waals surface area (Å²) in [4.78, 5) is 36.2. The first-order chi connectivity index (χ1) is 19.3. The van der Waals surface area contributed by atoms with E-state index in [9.17, 15) is 39.5 Å². The monoisotopic (exact) mass is 609 g/mol. The molecule has 13 heteroatoms. The highest BCUT2D eigenvalue weighted by Crippen LogP contribution is 2.45. The van der Waals surface area contributed by atoms with Crippen molar-refractivity contribution in [1.29, 1.82) is 0 Å². The fraction of sp³-hybridized carbons (Fsp3) is 0.929. The van der Waals surface area contributed by atoms with Gasteiger partial charge in [0.05, 0.1) is 43.2 Å². The number of β-amino-alcohol motifs (C(OH)–C–C–N with tert-alkyl or cyclic N) is 1. The lowest BCUT2D eigenvalue weighted by Gasteiger charge is -2.40. The number of nitrogens with zero attached hydrogens (tertiary/aromatic N) is 1. The van der Waals surface area contributed by atoms with Crippen molar-refractivity contribution < 1.29 is 53.3 Å². The average Bonchev–Trinajstić information content (AvgIpc) is 3.29. The van der Waals surface area contributed by atoms with E-state index in [-0.39, 0.29) is 49.9 Å². The van der Waals surface area contributed by atoms with Crippen LogP contribution in [0.5, 0.6) is 0 Å². The minimum Gasteiger partial charge on any atom is -0.396 e. The first-order valence-electron chi connectivity index (χ1n) is 15.1. The van der Waals surface area contributed by atoms with Gasteiger partial charge in [-0.25, -0.2) is 4.57 Å². The average molecular weight is 610 g/mol. The summed E-state index contributed by atoms with van der Waals surface area (Å²) in [6.07, 6.45) is 3.23. The molecule has 1 amide bonds. The van der Waals surface area contributed by atoms with Crippen LogP contribution in [-0.2, 0) is 27.9 Å². The van der Waals surface area contributed by atoms with E-state index in [2.05, 4.69) is 0 Å². The van der Waals surface area contributed by atoms with Crippen LogP contribution in [0, 0.1) is 11.8 Å². The van der Waals surface area contributed by atoms with E-state index in [1.165, 1.54) is 4.90 Å². The number of phosphoric acid groups is 1. The summed E-state index contributed by atoms with van der Waals surface area (Å²) in [7, 11) is -4.22. The van der Waals surface area contributed by atoms with Crippen LogP contribution in [0.4, 0.5) is 0 Å². The fourth-order valence-electron chi connectivity index (χ4n) is 5.58. The van der Waals surface area contributed by atoms with Gasteiger partial charge in [0.25, 0.3) is 0 Å². The minimum atomic E-state index is -4.22. The summed E-state index contributed by atoms with van der Waals surface area (Å²) in [5.41, 5.74) is 0. The first-order valence-corrected chi connectivity index (χ1v) is 16.6. The second-order valence-corrected chi connectivity index (χ2v) is 13.3. The Balaban J connectivity index is 1.54. The Morgan fingerprint density at radius 3 is 2.22 bits per heavy atom. The first kappa shape index (κ1) is 36.2. The molecule has 1 aliphatic heterocycles. The Hall–Kier alpha value is -0.950. The van der Waals surface area contributed by atoms with Crippen molar-refractivity contribution in [3.05, 3.63) is 0 Å². The molecular formula is C28H52NO11P. The molecule has 0 bridgehead atoms. The van der Waals surface area contributed by atoms with Crippen molar-refractivity contribution in [2.24, 2.45) is 11.8 Å². The number of hydrogen-bond donors (Lipinski definition) is 5. The van der Waals surface area contributed by atoms with Gasteiger partial charge < -0.3 is 35.0 Å². The van der Waals surface area contributed by atoms with Crippen molar-refractivity contribution in [3.8, 4) is 0 Å². The van der Waals surface area contributed by atoms with Crippen LogP contribution in [0.2, 0.25) is 0 Å². The minimum absolute atomic E-state index is 0.133. The molecule has 0 aromatic rings.